The van der Waals surface area contributed by atoms with Crippen LogP contribution in [0.4, 0.5) is 32.3 Å². The summed E-state index contributed by atoms with van der Waals surface area (Å²) >= 11 is 0. The van der Waals surface area contributed by atoms with Gasteiger partial charge in [-0.3, -0.25) is 11.7 Å². The molecule has 0 amide bonds. The second-order valence-corrected chi connectivity index (χ2v) is 7.59. The topological polar surface area (TPSA) is 129 Å². The minimum atomic E-state index is -4.63. The summed E-state index contributed by atoms with van der Waals surface area (Å²) in [7, 11) is 0. The molecule has 1 saturated heterocycles. The van der Waals surface area contributed by atoms with E-state index in [2.05, 4.69) is 36.6 Å². The maximum atomic E-state index is 13.1. The molecule has 3 aromatic rings. The monoisotopic (exact) mass is 516 g/mol. The first kappa shape index (κ1) is 27.0. The molecule has 0 aliphatic carbocycles. The first-order chi connectivity index (χ1) is 17.1. The molecule has 0 bridgehead atoms. The van der Waals surface area contributed by atoms with Crippen molar-refractivity contribution >= 4 is 5.95 Å². The summed E-state index contributed by atoms with van der Waals surface area (Å²) in [4.78, 5) is 22.5. The fraction of sp³-hybridized carbons (Fsp3) is 0.381. The van der Waals surface area contributed by atoms with E-state index in [1.165, 1.54) is 12.1 Å². The average Bonchev–Trinajstić information content (AvgIpc) is 2.88. The Morgan fingerprint density at radius 2 is 1.58 bits per heavy atom. The van der Waals surface area contributed by atoms with Crippen LogP contribution < -0.4 is 21.3 Å². The van der Waals surface area contributed by atoms with E-state index in [4.69, 9.17) is 4.74 Å². The quantitative estimate of drug-likeness (QED) is 0.297. The van der Waals surface area contributed by atoms with E-state index in [0.717, 1.165) is 12.1 Å². The SMILES string of the molecule is FC(F)(F)COc1nc(-c2cccc(C(F)(F)F)c2)nc(C2CCN(c3ncccn3)CC2)n1.NN. The Bertz CT molecular complexity index is 1120. The smallest absolute Gasteiger partial charge is 0.422 e. The summed E-state index contributed by atoms with van der Waals surface area (Å²) in [5.74, 6) is 8.26. The standard InChI is InChI=1S/C21H18F6N6O.H4N2/c22-20(23,24)12-34-19-31-16(13-5-9-33(10-6-13)18-28-7-2-8-29-18)30-17(32-19)14-3-1-4-15(11-14)21(25,26)27;1-2/h1-4,7-8,11,13H,5-6,9-10,12H2;1-2H2. The fourth-order valence-electron chi connectivity index (χ4n) is 3.52. The third kappa shape index (κ3) is 7.21. The predicted molar refractivity (Wildman–Crippen MR) is 116 cm³/mol. The zero-order valence-electron chi connectivity index (χ0n) is 18.7. The summed E-state index contributed by atoms with van der Waals surface area (Å²) in [6, 6.07) is 5.34. The first-order valence-corrected chi connectivity index (χ1v) is 10.6. The summed E-state index contributed by atoms with van der Waals surface area (Å²) in [6.45, 7) is -0.557. The molecular weight excluding hydrogens is 494 g/mol. The van der Waals surface area contributed by atoms with Crippen LogP contribution in [0.15, 0.2) is 42.7 Å². The highest BCUT2D eigenvalue weighted by Gasteiger charge is 2.32. The van der Waals surface area contributed by atoms with Crippen molar-refractivity contribution in [3.63, 3.8) is 0 Å². The minimum Gasteiger partial charge on any atom is -0.454 e. The minimum absolute atomic E-state index is 0.00884. The summed E-state index contributed by atoms with van der Waals surface area (Å²) < 4.78 is 82.2. The zero-order chi connectivity index (χ0) is 26.3. The molecule has 1 aromatic carbocycles. The molecule has 9 nitrogen and oxygen atoms in total. The fourth-order valence-corrected chi connectivity index (χ4v) is 3.52. The molecule has 0 atom stereocenters. The van der Waals surface area contributed by atoms with Crippen LogP contribution in [0.2, 0.25) is 0 Å². The number of hydrogen-bond donors (Lipinski definition) is 2. The van der Waals surface area contributed by atoms with Gasteiger partial charge in [0.2, 0.25) is 5.95 Å². The third-order valence-corrected chi connectivity index (χ3v) is 5.14. The van der Waals surface area contributed by atoms with Gasteiger partial charge in [0.25, 0.3) is 0 Å². The Labute approximate surface area is 201 Å². The molecular formula is C21H22F6N8O. The largest absolute Gasteiger partial charge is 0.454 e. The van der Waals surface area contributed by atoms with E-state index in [9.17, 15) is 26.3 Å². The van der Waals surface area contributed by atoms with E-state index in [-0.39, 0.29) is 23.1 Å². The molecule has 3 heterocycles. The van der Waals surface area contributed by atoms with E-state index in [1.54, 1.807) is 18.5 Å². The normalized spacial score (nSPS) is 14.7. The molecule has 2 aromatic heterocycles. The predicted octanol–water partition coefficient (Wildman–Crippen LogP) is 3.49. The number of hydrogen-bond acceptors (Lipinski definition) is 9. The van der Waals surface area contributed by atoms with Crippen molar-refractivity contribution in [3.8, 4) is 17.4 Å². The maximum absolute atomic E-state index is 13.1. The molecule has 4 N–H and O–H groups in total. The molecule has 0 saturated carbocycles. The number of rotatable bonds is 5. The maximum Gasteiger partial charge on any atom is 0.422 e. The van der Waals surface area contributed by atoms with Crippen molar-refractivity contribution < 1.29 is 31.1 Å². The van der Waals surface area contributed by atoms with Crippen molar-refractivity contribution in [2.24, 2.45) is 11.7 Å². The Kier molecular flexibility index (Phi) is 8.57. The van der Waals surface area contributed by atoms with Crippen LogP contribution in [0.3, 0.4) is 0 Å². The van der Waals surface area contributed by atoms with Gasteiger partial charge >= 0.3 is 18.4 Å². The van der Waals surface area contributed by atoms with Crippen molar-refractivity contribution in [3.05, 3.63) is 54.1 Å². The highest BCUT2D eigenvalue weighted by atomic mass is 19.4. The van der Waals surface area contributed by atoms with Crippen molar-refractivity contribution in [1.29, 1.82) is 0 Å². The molecule has 1 aliphatic rings. The van der Waals surface area contributed by atoms with Crippen LogP contribution in [0.5, 0.6) is 6.01 Å². The van der Waals surface area contributed by atoms with Crippen molar-refractivity contribution in [2.45, 2.75) is 31.1 Å². The highest BCUT2D eigenvalue weighted by molar-refractivity contribution is 5.56. The number of hydrazine groups is 1. The van der Waals surface area contributed by atoms with Crippen LogP contribution in [0, 0.1) is 0 Å². The van der Waals surface area contributed by atoms with Crippen LogP contribution >= 0.6 is 0 Å². The number of aromatic nitrogens is 5. The van der Waals surface area contributed by atoms with Gasteiger partial charge in [0.15, 0.2) is 12.4 Å². The van der Waals surface area contributed by atoms with Gasteiger partial charge in [-0.25, -0.2) is 15.0 Å². The van der Waals surface area contributed by atoms with Gasteiger partial charge in [-0.15, -0.1) is 0 Å². The Hall–Kier alpha value is -3.59. The Balaban J connectivity index is 0.00000176. The summed E-state index contributed by atoms with van der Waals surface area (Å²) in [6.07, 6.45) is -4.94. The molecule has 15 heteroatoms. The number of anilines is 1. The molecule has 0 spiro atoms. The molecule has 0 radical (unpaired) electrons. The molecule has 36 heavy (non-hydrogen) atoms. The third-order valence-electron chi connectivity index (χ3n) is 5.14. The Morgan fingerprint density at radius 1 is 0.917 bits per heavy atom. The summed E-state index contributed by atoms with van der Waals surface area (Å²) in [5, 5.41) is 0. The van der Waals surface area contributed by atoms with E-state index < -0.39 is 30.5 Å². The lowest BCUT2D eigenvalue weighted by Gasteiger charge is -2.31. The number of ether oxygens (including phenoxy) is 1. The van der Waals surface area contributed by atoms with E-state index >= 15 is 0 Å². The first-order valence-electron chi connectivity index (χ1n) is 10.6. The van der Waals surface area contributed by atoms with Gasteiger partial charge in [-0.05, 0) is 31.0 Å². The van der Waals surface area contributed by atoms with Gasteiger partial charge in [0, 0.05) is 37.0 Å². The van der Waals surface area contributed by atoms with Crippen LogP contribution in [-0.2, 0) is 6.18 Å². The van der Waals surface area contributed by atoms with Crippen molar-refractivity contribution in [1.82, 2.24) is 24.9 Å². The van der Waals surface area contributed by atoms with Gasteiger partial charge in [0.05, 0.1) is 5.56 Å². The van der Waals surface area contributed by atoms with Crippen LogP contribution in [0.1, 0.15) is 30.1 Å². The number of halogens is 6. The van der Waals surface area contributed by atoms with E-state index in [1.807, 2.05) is 4.90 Å². The second kappa shape index (κ2) is 11.4. The highest BCUT2D eigenvalue weighted by Crippen LogP contribution is 2.33. The van der Waals surface area contributed by atoms with Gasteiger partial charge in [0.1, 0.15) is 5.82 Å². The lowest BCUT2D eigenvalue weighted by Crippen LogP contribution is -2.34. The van der Waals surface area contributed by atoms with E-state index in [0.29, 0.717) is 31.9 Å². The lowest BCUT2D eigenvalue weighted by atomic mass is 9.96. The second-order valence-electron chi connectivity index (χ2n) is 7.59. The average molecular weight is 516 g/mol. The van der Waals surface area contributed by atoms with Gasteiger partial charge < -0.3 is 9.64 Å². The molecule has 4 rings (SSSR count). The molecule has 1 fully saturated rings. The number of nitrogens with two attached hydrogens (primary N) is 2. The van der Waals surface area contributed by atoms with Gasteiger partial charge in [-0.2, -0.15) is 36.3 Å². The number of nitrogens with zero attached hydrogens (tertiary/aromatic N) is 6. The van der Waals surface area contributed by atoms with Crippen molar-refractivity contribution in [2.75, 3.05) is 24.6 Å². The lowest BCUT2D eigenvalue weighted by molar-refractivity contribution is -0.154. The number of benzene rings is 1. The van der Waals surface area contributed by atoms with Crippen LogP contribution in [-0.4, -0.2) is 50.8 Å². The number of alkyl halides is 6. The van der Waals surface area contributed by atoms with Crippen LogP contribution in [0.25, 0.3) is 11.4 Å². The zero-order valence-corrected chi connectivity index (χ0v) is 18.7. The number of piperidine rings is 1. The molecule has 194 valence electrons. The molecule has 1 aliphatic heterocycles. The molecule has 0 unspecified atom stereocenters. The Morgan fingerprint density at radius 3 is 2.19 bits per heavy atom. The van der Waals surface area contributed by atoms with Gasteiger partial charge in [-0.1, -0.05) is 12.1 Å². The summed E-state index contributed by atoms with van der Waals surface area (Å²) in [5.41, 5.74) is -0.939.